The van der Waals surface area contributed by atoms with Crippen LogP contribution in [-0.2, 0) is 23.8 Å². The highest BCUT2D eigenvalue weighted by Crippen LogP contribution is 2.31. The van der Waals surface area contributed by atoms with Gasteiger partial charge in [0.25, 0.3) is 5.91 Å². The van der Waals surface area contributed by atoms with Gasteiger partial charge < -0.3 is 29.5 Å². The van der Waals surface area contributed by atoms with Crippen LogP contribution in [0.2, 0.25) is 0 Å². The molecule has 210 valence electrons. The van der Waals surface area contributed by atoms with Crippen molar-refractivity contribution in [3.05, 3.63) is 54.1 Å². The number of carbonyl (C=O) groups is 2. The van der Waals surface area contributed by atoms with Gasteiger partial charge in [0.15, 0.2) is 11.9 Å². The summed E-state index contributed by atoms with van der Waals surface area (Å²) in [7, 11) is 1.40. The van der Waals surface area contributed by atoms with Crippen LogP contribution in [0.4, 0.5) is 0 Å². The van der Waals surface area contributed by atoms with Gasteiger partial charge in [0.05, 0.1) is 0 Å². The molecule has 0 spiro atoms. The molecule has 3 rings (SSSR count). The van der Waals surface area contributed by atoms with Gasteiger partial charge >= 0.3 is 0 Å². The van der Waals surface area contributed by atoms with Crippen LogP contribution < -0.4 is 5.32 Å². The van der Waals surface area contributed by atoms with Crippen LogP contribution >= 0.6 is 0 Å². The molecule has 8 nitrogen and oxygen atoms in total. The lowest BCUT2D eigenvalue weighted by atomic mass is 9.93. The van der Waals surface area contributed by atoms with E-state index in [-0.39, 0.29) is 11.3 Å². The Balaban J connectivity index is 1.69. The second-order valence-corrected chi connectivity index (χ2v) is 11.6. The molecule has 2 aliphatic heterocycles. The summed E-state index contributed by atoms with van der Waals surface area (Å²) in [5.74, 6) is -1.66. The van der Waals surface area contributed by atoms with E-state index < -0.39 is 42.2 Å². The summed E-state index contributed by atoms with van der Waals surface area (Å²) in [6.07, 6.45) is 6.03. The Bertz CT molecular complexity index is 984. The smallest absolute Gasteiger partial charge is 0.252 e. The maximum absolute atomic E-state index is 13.4. The number of methoxy groups -OCH3 is 1. The standard InChI is InChI=1S/C30H44N2O6/c1-29(2,3)18-17-23-24(33)25(38-30(4,5)37-23)26(36-6)27(34)31-22-16-10-11-19-32(28(22)35)20-12-15-21-13-8-7-9-14-21/h7-9,12-15,17-18,22-26,33H,10-11,16,19-20H2,1-6H3,(H,31,34)/b15-12+,18-17+/t22-,23-,24-,25+,26+/m0/s1. The Morgan fingerprint density at radius 1 is 1.24 bits per heavy atom. The fourth-order valence-corrected chi connectivity index (χ4v) is 4.73. The summed E-state index contributed by atoms with van der Waals surface area (Å²) in [4.78, 5) is 28.5. The minimum absolute atomic E-state index is 0.110. The van der Waals surface area contributed by atoms with Crippen LogP contribution in [0, 0.1) is 5.41 Å². The van der Waals surface area contributed by atoms with E-state index in [9.17, 15) is 14.7 Å². The summed E-state index contributed by atoms with van der Waals surface area (Å²) < 4.78 is 17.5. The quantitative estimate of drug-likeness (QED) is 0.500. The van der Waals surface area contributed by atoms with Gasteiger partial charge in [-0.1, -0.05) is 75.4 Å². The van der Waals surface area contributed by atoms with Gasteiger partial charge in [0.2, 0.25) is 5.91 Å². The van der Waals surface area contributed by atoms with E-state index >= 15 is 0 Å². The number of likely N-dealkylation sites (tertiary alicyclic amines) is 1. The second kappa shape index (κ2) is 13.0. The number of carbonyl (C=O) groups excluding carboxylic acids is 2. The van der Waals surface area contributed by atoms with Gasteiger partial charge in [-0.25, -0.2) is 0 Å². The molecule has 1 aromatic rings. The van der Waals surface area contributed by atoms with Crippen LogP contribution in [0.15, 0.2) is 48.6 Å². The lowest BCUT2D eigenvalue weighted by molar-refractivity contribution is -0.334. The zero-order valence-electron chi connectivity index (χ0n) is 23.6. The fraction of sp³-hybridized carbons (Fsp3) is 0.600. The first-order valence-corrected chi connectivity index (χ1v) is 13.5. The van der Waals surface area contributed by atoms with Crippen molar-refractivity contribution in [2.75, 3.05) is 20.2 Å². The number of allylic oxidation sites excluding steroid dienone is 1. The molecule has 2 amide bonds. The molecular weight excluding hydrogens is 484 g/mol. The Kier molecular flexibility index (Phi) is 10.3. The number of aliphatic hydroxyl groups excluding tert-OH is 1. The normalized spacial score (nSPS) is 27.4. The van der Waals surface area contributed by atoms with E-state index in [1.807, 2.05) is 75.4 Å². The minimum Gasteiger partial charge on any atom is -0.387 e. The molecule has 0 radical (unpaired) electrons. The Hall–Kier alpha value is -2.52. The van der Waals surface area contributed by atoms with Gasteiger partial charge in [-0.05, 0) is 44.1 Å². The maximum Gasteiger partial charge on any atom is 0.252 e. The largest absolute Gasteiger partial charge is 0.387 e. The van der Waals surface area contributed by atoms with E-state index in [1.54, 1.807) is 18.7 Å². The average molecular weight is 529 g/mol. The van der Waals surface area contributed by atoms with Crippen molar-refractivity contribution in [3.63, 3.8) is 0 Å². The van der Waals surface area contributed by atoms with Crippen molar-refractivity contribution in [1.82, 2.24) is 10.2 Å². The van der Waals surface area contributed by atoms with Gasteiger partial charge in [0.1, 0.15) is 24.4 Å². The van der Waals surface area contributed by atoms with Crippen molar-refractivity contribution in [2.24, 2.45) is 5.41 Å². The summed E-state index contributed by atoms with van der Waals surface area (Å²) in [5, 5.41) is 14.0. The van der Waals surface area contributed by atoms with Crippen molar-refractivity contribution in [2.45, 2.75) is 90.1 Å². The summed E-state index contributed by atoms with van der Waals surface area (Å²) in [6, 6.07) is 9.24. The lowest BCUT2D eigenvalue weighted by Gasteiger charge is -2.45. The number of ether oxygens (including phenoxy) is 3. The molecule has 1 aromatic carbocycles. The molecular formula is C30H44N2O6. The molecule has 2 saturated heterocycles. The van der Waals surface area contributed by atoms with Crippen molar-refractivity contribution in [3.8, 4) is 0 Å². The third-order valence-electron chi connectivity index (χ3n) is 6.64. The molecule has 0 aromatic heterocycles. The number of benzene rings is 1. The number of rotatable bonds is 8. The van der Waals surface area contributed by atoms with E-state index in [0.29, 0.717) is 19.5 Å². The molecule has 2 N–H and O–H groups in total. The molecule has 2 heterocycles. The number of nitrogens with one attached hydrogen (secondary N) is 1. The minimum atomic E-state index is -1.14. The van der Waals surface area contributed by atoms with Gasteiger partial charge in [0, 0.05) is 20.2 Å². The summed E-state index contributed by atoms with van der Waals surface area (Å²) in [5.41, 5.74) is 0.956. The topological polar surface area (TPSA) is 97.3 Å². The first-order valence-electron chi connectivity index (χ1n) is 13.5. The molecule has 0 aliphatic carbocycles. The second-order valence-electron chi connectivity index (χ2n) is 11.6. The third kappa shape index (κ3) is 8.50. The molecule has 38 heavy (non-hydrogen) atoms. The summed E-state index contributed by atoms with van der Waals surface area (Å²) >= 11 is 0. The fourth-order valence-electron chi connectivity index (χ4n) is 4.73. The highest BCUT2D eigenvalue weighted by molar-refractivity contribution is 5.90. The third-order valence-corrected chi connectivity index (χ3v) is 6.64. The monoisotopic (exact) mass is 528 g/mol. The van der Waals surface area contributed by atoms with E-state index in [0.717, 1.165) is 18.4 Å². The van der Waals surface area contributed by atoms with Crippen molar-refractivity contribution >= 4 is 17.9 Å². The molecule has 0 unspecified atom stereocenters. The predicted octanol–water partition coefficient (Wildman–Crippen LogP) is 3.70. The van der Waals surface area contributed by atoms with Crippen molar-refractivity contribution in [1.29, 1.82) is 0 Å². The Labute approximate surface area is 227 Å². The SMILES string of the molecule is CO[C@@H](C(=O)N[C@H]1CCCCN(C/C=C/c2ccccc2)C1=O)[C@@H]1OC(C)(C)O[C@@H](/C=C/C(C)(C)C)[C@@H]1O. The van der Waals surface area contributed by atoms with E-state index in [4.69, 9.17) is 14.2 Å². The highest BCUT2D eigenvalue weighted by Gasteiger charge is 2.48. The van der Waals surface area contributed by atoms with E-state index in [1.165, 1.54) is 7.11 Å². The number of aliphatic hydroxyl groups is 1. The molecule has 2 aliphatic rings. The first kappa shape index (κ1) is 30.0. The molecule has 8 heteroatoms. The van der Waals surface area contributed by atoms with Gasteiger partial charge in [-0.15, -0.1) is 0 Å². The summed E-state index contributed by atoms with van der Waals surface area (Å²) in [6.45, 7) is 10.7. The van der Waals surface area contributed by atoms with Gasteiger partial charge in [-0.2, -0.15) is 0 Å². The van der Waals surface area contributed by atoms with Crippen LogP contribution in [0.1, 0.15) is 59.4 Å². The van der Waals surface area contributed by atoms with Crippen LogP contribution in [0.3, 0.4) is 0 Å². The maximum atomic E-state index is 13.4. The first-order chi connectivity index (χ1) is 17.9. The van der Waals surface area contributed by atoms with Gasteiger partial charge in [-0.3, -0.25) is 9.59 Å². The number of amides is 2. The lowest BCUT2D eigenvalue weighted by Crippen LogP contribution is -2.62. The zero-order chi connectivity index (χ0) is 27.9. The molecule has 0 saturated carbocycles. The highest BCUT2D eigenvalue weighted by atomic mass is 16.7. The molecule has 5 atom stereocenters. The molecule has 0 bridgehead atoms. The average Bonchev–Trinajstić information content (AvgIpc) is 3.02. The Morgan fingerprint density at radius 3 is 2.61 bits per heavy atom. The van der Waals surface area contributed by atoms with Crippen molar-refractivity contribution < 1.29 is 28.9 Å². The number of hydrogen-bond donors (Lipinski definition) is 2. The van der Waals surface area contributed by atoms with Crippen LogP contribution in [0.25, 0.3) is 6.08 Å². The predicted molar refractivity (Wildman–Crippen MR) is 147 cm³/mol. The zero-order valence-corrected chi connectivity index (χ0v) is 23.6. The van der Waals surface area contributed by atoms with E-state index in [2.05, 4.69) is 5.32 Å². The number of hydrogen-bond acceptors (Lipinski definition) is 6. The van der Waals surface area contributed by atoms with Crippen LogP contribution in [0.5, 0.6) is 0 Å². The molecule has 2 fully saturated rings. The van der Waals surface area contributed by atoms with Crippen LogP contribution in [-0.4, -0.2) is 78.3 Å². The Morgan fingerprint density at radius 2 is 1.95 bits per heavy atom. The number of nitrogens with zero attached hydrogens (tertiary/aromatic N) is 1.